The molecule has 3 aliphatic rings. The van der Waals surface area contributed by atoms with Gasteiger partial charge in [-0.05, 0) is 38.0 Å². The Balaban J connectivity index is 1.72. The topological polar surface area (TPSA) is 50.4 Å². The van der Waals surface area contributed by atoms with Crippen molar-refractivity contribution in [1.29, 1.82) is 0 Å². The minimum Gasteiger partial charge on any atom is -0.500 e. The zero-order chi connectivity index (χ0) is 21.0. The van der Waals surface area contributed by atoms with Gasteiger partial charge < -0.3 is 15.4 Å². The first kappa shape index (κ1) is 22.5. The van der Waals surface area contributed by atoms with Crippen LogP contribution >= 0.6 is 11.8 Å². The van der Waals surface area contributed by atoms with Crippen LogP contribution in [0, 0.1) is 5.92 Å². The van der Waals surface area contributed by atoms with E-state index in [0.29, 0.717) is 6.04 Å². The highest BCUT2D eigenvalue weighted by molar-refractivity contribution is 7.99. The molecule has 4 nitrogen and oxygen atoms in total. The molecular formula is C21H31F3N2O2S. The zero-order valence-electron chi connectivity index (χ0n) is 17.1. The summed E-state index contributed by atoms with van der Waals surface area (Å²) >= 11 is 1.24. The molecule has 2 N–H and O–H groups in total. The summed E-state index contributed by atoms with van der Waals surface area (Å²) in [5.74, 6) is -0.928. The number of carbonyl (C=O) groups excluding carboxylic acids is 1. The van der Waals surface area contributed by atoms with Crippen molar-refractivity contribution < 1.29 is 22.7 Å². The van der Waals surface area contributed by atoms with E-state index in [2.05, 4.69) is 10.6 Å². The Bertz CT molecular complexity index is 644. The van der Waals surface area contributed by atoms with Crippen LogP contribution in [-0.4, -0.2) is 48.8 Å². The summed E-state index contributed by atoms with van der Waals surface area (Å²) in [5.41, 5.74) is -0.754. The van der Waals surface area contributed by atoms with Gasteiger partial charge in [0.15, 0.2) is 0 Å². The molecular weight excluding hydrogens is 401 g/mol. The molecule has 0 aromatic rings. The fourth-order valence-corrected chi connectivity index (χ4v) is 5.55. The number of methoxy groups -OCH3 is 1. The number of halogens is 3. The molecule has 29 heavy (non-hydrogen) atoms. The van der Waals surface area contributed by atoms with Gasteiger partial charge in [-0.25, -0.2) is 0 Å². The van der Waals surface area contributed by atoms with E-state index in [9.17, 15) is 18.0 Å². The molecule has 8 heteroatoms. The van der Waals surface area contributed by atoms with Gasteiger partial charge in [0.05, 0.1) is 12.7 Å². The Kier molecular flexibility index (Phi) is 7.59. The largest absolute Gasteiger partial charge is 0.500 e. The first-order valence-electron chi connectivity index (χ1n) is 10.5. The Hall–Kier alpha value is -1.15. The molecule has 3 aliphatic carbocycles. The molecule has 0 radical (unpaired) electrons. The molecule has 0 aromatic heterocycles. The molecule has 2 fully saturated rings. The predicted octanol–water partition coefficient (Wildman–Crippen LogP) is 4.33. The highest BCUT2D eigenvalue weighted by atomic mass is 32.2. The molecule has 4 atom stereocenters. The number of hydrogen-bond acceptors (Lipinski definition) is 4. The molecule has 0 saturated heterocycles. The smallest absolute Gasteiger partial charge is 0.416 e. The van der Waals surface area contributed by atoms with E-state index in [1.807, 2.05) is 0 Å². The van der Waals surface area contributed by atoms with E-state index in [1.54, 1.807) is 6.26 Å². The van der Waals surface area contributed by atoms with Crippen molar-refractivity contribution in [2.75, 3.05) is 13.4 Å². The van der Waals surface area contributed by atoms with Crippen LogP contribution in [0.15, 0.2) is 23.5 Å². The lowest BCUT2D eigenvalue weighted by atomic mass is 9.87. The second-order valence-corrected chi connectivity index (χ2v) is 9.22. The van der Waals surface area contributed by atoms with Crippen molar-refractivity contribution in [2.24, 2.45) is 5.92 Å². The van der Waals surface area contributed by atoms with Crippen LogP contribution < -0.4 is 10.6 Å². The SMILES string of the molecule is COC1=CC(C(F)(F)F)=CC(SC)C1C(=O)N[C@@H]1CCCCC1NC1CCCC1. The summed E-state index contributed by atoms with van der Waals surface area (Å²) < 4.78 is 44.9. The molecule has 3 rings (SSSR count). The van der Waals surface area contributed by atoms with Crippen molar-refractivity contribution in [2.45, 2.75) is 80.9 Å². The van der Waals surface area contributed by atoms with E-state index in [-0.39, 0.29) is 23.8 Å². The van der Waals surface area contributed by atoms with Gasteiger partial charge in [0.1, 0.15) is 11.7 Å². The maximum Gasteiger partial charge on any atom is 0.416 e. The third-order valence-electron chi connectivity index (χ3n) is 6.29. The summed E-state index contributed by atoms with van der Waals surface area (Å²) in [6, 6.07) is 0.742. The lowest BCUT2D eigenvalue weighted by Gasteiger charge is -2.37. The predicted molar refractivity (Wildman–Crippen MR) is 110 cm³/mol. The summed E-state index contributed by atoms with van der Waals surface area (Å²) in [7, 11) is 1.33. The van der Waals surface area contributed by atoms with Crippen LogP contribution in [0.5, 0.6) is 0 Å². The maximum atomic E-state index is 13.2. The molecule has 0 aromatic carbocycles. The summed E-state index contributed by atoms with van der Waals surface area (Å²) in [6.45, 7) is 0. The van der Waals surface area contributed by atoms with E-state index in [1.165, 1.54) is 44.6 Å². The highest BCUT2D eigenvalue weighted by Gasteiger charge is 2.42. The van der Waals surface area contributed by atoms with Crippen LogP contribution in [0.3, 0.4) is 0 Å². The number of hydrogen-bond donors (Lipinski definition) is 2. The standard InChI is InChI=1S/C21H31F3N2O2S/c1-28-17-11-13(21(22,23)24)12-18(29-2)19(17)20(27)26-16-10-6-5-9-15(16)25-14-7-3-4-8-14/h11-12,14-16,18-19,25H,3-10H2,1-2H3,(H,26,27)/t15?,16-,18?,19?/m1/s1. The van der Waals surface area contributed by atoms with Crippen LogP contribution in [0.25, 0.3) is 0 Å². The number of allylic oxidation sites excluding steroid dienone is 2. The average molecular weight is 433 g/mol. The van der Waals surface area contributed by atoms with Crippen LogP contribution in [0.2, 0.25) is 0 Å². The number of carbonyl (C=O) groups is 1. The van der Waals surface area contributed by atoms with Crippen LogP contribution in [-0.2, 0) is 9.53 Å². The first-order chi connectivity index (χ1) is 13.8. The number of amides is 1. The van der Waals surface area contributed by atoms with Gasteiger partial charge in [-0.3, -0.25) is 4.79 Å². The second-order valence-electron chi connectivity index (χ2n) is 8.20. The lowest BCUT2D eigenvalue weighted by Crippen LogP contribution is -2.55. The molecule has 1 amide bonds. The van der Waals surface area contributed by atoms with Gasteiger partial charge in [-0.2, -0.15) is 24.9 Å². The highest BCUT2D eigenvalue weighted by Crippen LogP contribution is 2.38. The van der Waals surface area contributed by atoms with Crippen molar-refractivity contribution in [1.82, 2.24) is 10.6 Å². The molecule has 0 spiro atoms. The first-order valence-corrected chi connectivity index (χ1v) is 11.8. The monoisotopic (exact) mass is 432 g/mol. The number of alkyl halides is 3. The molecule has 164 valence electrons. The third kappa shape index (κ3) is 5.51. The molecule has 2 saturated carbocycles. The van der Waals surface area contributed by atoms with Crippen LogP contribution in [0.4, 0.5) is 13.2 Å². The molecule has 3 unspecified atom stereocenters. The quantitative estimate of drug-likeness (QED) is 0.656. The second kappa shape index (κ2) is 9.77. The summed E-state index contributed by atoms with van der Waals surface area (Å²) in [4.78, 5) is 13.2. The molecule has 0 bridgehead atoms. The van der Waals surface area contributed by atoms with E-state index in [0.717, 1.165) is 37.8 Å². The van der Waals surface area contributed by atoms with Gasteiger partial charge in [0.2, 0.25) is 5.91 Å². The van der Waals surface area contributed by atoms with Gasteiger partial charge in [-0.15, -0.1) is 0 Å². The van der Waals surface area contributed by atoms with Gasteiger partial charge >= 0.3 is 6.18 Å². The van der Waals surface area contributed by atoms with Crippen molar-refractivity contribution in [3.05, 3.63) is 23.5 Å². The van der Waals surface area contributed by atoms with E-state index >= 15 is 0 Å². The number of nitrogens with one attached hydrogen (secondary N) is 2. The third-order valence-corrected chi connectivity index (χ3v) is 7.25. The Morgan fingerprint density at radius 1 is 1.10 bits per heavy atom. The zero-order valence-corrected chi connectivity index (χ0v) is 17.9. The van der Waals surface area contributed by atoms with Crippen molar-refractivity contribution in [3.63, 3.8) is 0 Å². The normalized spacial score (nSPS) is 31.2. The Morgan fingerprint density at radius 2 is 1.72 bits per heavy atom. The minimum absolute atomic E-state index is 0.00505. The molecule has 0 aliphatic heterocycles. The number of thioether (sulfide) groups is 1. The van der Waals surface area contributed by atoms with E-state index in [4.69, 9.17) is 4.74 Å². The van der Waals surface area contributed by atoms with Gasteiger partial charge in [0.25, 0.3) is 0 Å². The minimum atomic E-state index is -4.46. The fraction of sp³-hybridized carbons (Fsp3) is 0.762. The number of rotatable bonds is 6. The average Bonchev–Trinajstić information content (AvgIpc) is 3.20. The fourth-order valence-electron chi connectivity index (χ4n) is 4.74. The van der Waals surface area contributed by atoms with E-state index < -0.39 is 22.9 Å². The summed E-state index contributed by atoms with van der Waals surface area (Å²) in [5, 5.41) is 6.26. The van der Waals surface area contributed by atoms with Crippen LogP contribution in [0.1, 0.15) is 51.4 Å². The number of ether oxygens (including phenoxy) is 1. The van der Waals surface area contributed by atoms with Crippen molar-refractivity contribution >= 4 is 17.7 Å². The molecule has 0 heterocycles. The van der Waals surface area contributed by atoms with Gasteiger partial charge in [-0.1, -0.05) is 31.8 Å². The summed E-state index contributed by atoms with van der Waals surface area (Å²) in [6.07, 6.45) is 8.31. The lowest BCUT2D eigenvalue weighted by molar-refractivity contribution is -0.126. The van der Waals surface area contributed by atoms with Crippen molar-refractivity contribution in [3.8, 4) is 0 Å². The van der Waals surface area contributed by atoms with Gasteiger partial charge in [0, 0.05) is 23.4 Å². The maximum absolute atomic E-state index is 13.2. The Labute approximate surface area is 175 Å². The Morgan fingerprint density at radius 3 is 2.31 bits per heavy atom.